The Morgan fingerprint density at radius 3 is 2.60 bits per heavy atom. The third-order valence-electron chi connectivity index (χ3n) is 1.63. The second-order valence-corrected chi connectivity index (χ2v) is 3.32. The summed E-state index contributed by atoms with van der Waals surface area (Å²) in [7, 11) is 0. The molecular weight excluding hydrogens is 220 g/mol. The van der Waals surface area contributed by atoms with Crippen LogP contribution >= 0.6 is 11.6 Å². The molecule has 6 heteroatoms. The van der Waals surface area contributed by atoms with E-state index in [9.17, 15) is 9.59 Å². The number of hydrogen-bond donors (Lipinski definition) is 2. The van der Waals surface area contributed by atoms with Crippen molar-refractivity contribution in [2.45, 2.75) is 13.8 Å². The summed E-state index contributed by atoms with van der Waals surface area (Å²) >= 11 is 5.73. The van der Waals surface area contributed by atoms with E-state index in [1.165, 1.54) is 13.0 Å². The van der Waals surface area contributed by atoms with Crippen molar-refractivity contribution in [2.75, 3.05) is 5.32 Å². The van der Waals surface area contributed by atoms with Gasteiger partial charge >= 0.3 is 5.97 Å². The van der Waals surface area contributed by atoms with Crippen LogP contribution in [-0.2, 0) is 4.79 Å². The molecule has 0 aliphatic heterocycles. The van der Waals surface area contributed by atoms with Crippen LogP contribution < -0.4 is 5.32 Å². The quantitative estimate of drug-likeness (QED) is 0.755. The number of aryl methyl sites for hydroxylation is 1. The Kier molecular flexibility index (Phi) is 3.26. The van der Waals surface area contributed by atoms with E-state index in [1.54, 1.807) is 6.92 Å². The number of halogens is 1. The molecule has 80 valence electrons. The van der Waals surface area contributed by atoms with Crippen molar-refractivity contribution in [3.05, 3.63) is 22.5 Å². The molecule has 5 nitrogen and oxygen atoms in total. The lowest BCUT2D eigenvalue weighted by Crippen LogP contribution is -2.12. The SMILES string of the molecule is CC(=O)Nc1c(C(=O)O)cc(C)nc1Cl. The number of amides is 1. The van der Waals surface area contributed by atoms with Gasteiger partial charge in [0.2, 0.25) is 5.91 Å². The number of aromatic nitrogens is 1. The molecule has 0 bridgehead atoms. The zero-order valence-corrected chi connectivity index (χ0v) is 8.92. The van der Waals surface area contributed by atoms with Crippen LogP contribution in [0.25, 0.3) is 0 Å². The summed E-state index contributed by atoms with van der Waals surface area (Å²) in [6, 6.07) is 1.35. The number of nitrogens with zero attached hydrogens (tertiary/aromatic N) is 1. The van der Waals surface area contributed by atoms with Gasteiger partial charge in [0.05, 0.1) is 11.3 Å². The van der Waals surface area contributed by atoms with Gasteiger partial charge < -0.3 is 10.4 Å². The topological polar surface area (TPSA) is 79.3 Å². The van der Waals surface area contributed by atoms with E-state index in [-0.39, 0.29) is 16.4 Å². The molecule has 0 radical (unpaired) electrons. The van der Waals surface area contributed by atoms with Crippen molar-refractivity contribution in [1.29, 1.82) is 0 Å². The Balaban J connectivity index is 3.33. The molecule has 0 atom stereocenters. The van der Waals surface area contributed by atoms with Crippen LogP contribution in [0.1, 0.15) is 23.0 Å². The smallest absolute Gasteiger partial charge is 0.337 e. The van der Waals surface area contributed by atoms with Gasteiger partial charge in [-0.15, -0.1) is 0 Å². The molecule has 2 N–H and O–H groups in total. The second kappa shape index (κ2) is 4.27. The molecule has 0 unspecified atom stereocenters. The summed E-state index contributed by atoms with van der Waals surface area (Å²) in [5.74, 6) is -1.56. The maximum atomic E-state index is 10.9. The number of nitrogens with one attached hydrogen (secondary N) is 1. The summed E-state index contributed by atoms with van der Waals surface area (Å²) in [5.41, 5.74) is 0.441. The maximum Gasteiger partial charge on any atom is 0.337 e. The minimum atomic E-state index is -1.16. The normalized spacial score (nSPS) is 9.80. The summed E-state index contributed by atoms with van der Waals surface area (Å²) < 4.78 is 0. The molecule has 1 amide bonds. The fourth-order valence-corrected chi connectivity index (χ4v) is 1.38. The van der Waals surface area contributed by atoms with Crippen LogP contribution in [0.3, 0.4) is 0 Å². The predicted octanol–water partition coefficient (Wildman–Crippen LogP) is 1.70. The Morgan fingerprint density at radius 2 is 2.13 bits per heavy atom. The number of carbonyl (C=O) groups excluding carboxylic acids is 1. The van der Waals surface area contributed by atoms with E-state index in [4.69, 9.17) is 16.7 Å². The summed E-state index contributed by atoms with van der Waals surface area (Å²) in [6.45, 7) is 2.89. The third kappa shape index (κ3) is 2.66. The lowest BCUT2D eigenvalue weighted by atomic mass is 10.2. The zero-order valence-electron chi connectivity index (χ0n) is 8.17. The highest BCUT2D eigenvalue weighted by atomic mass is 35.5. The fourth-order valence-electron chi connectivity index (χ4n) is 1.10. The van der Waals surface area contributed by atoms with Gasteiger partial charge in [0.15, 0.2) is 5.15 Å². The van der Waals surface area contributed by atoms with E-state index >= 15 is 0 Å². The fraction of sp³-hybridized carbons (Fsp3) is 0.222. The summed E-state index contributed by atoms with van der Waals surface area (Å²) in [6.07, 6.45) is 0. The predicted molar refractivity (Wildman–Crippen MR) is 55.2 cm³/mol. The minimum absolute atomic E-state index is 0.0254. The van der Waals surface area contributed by atoms with Crippen LogP contribution in [0.15, 0.2) is 6.07 Å². The first kappa shape index (κ1) is 11.5. The first-order valence-electron chi connectivity index (χ1n) is 4.10. The van der Waals surface area contributed by atoms with Crippen LogP contribution in [0.2, 0.25) is 5.15 Å². The molecule has 1 aromatic heterocycles. The molecule has 0 spiro atoms. The molecule has 0 aliphatic carbocycles. The monoisotopic (exact) mass is 228 g/mol. The summed E-state index contributed by atoms with van der Waals surface area (Å²) in [4.78, 5) is 25.6. The summed E-state index contributed by atoms with van der Waals surface area (Å²) in [5, 5.41) is 11.2. The first-order valence-corrected chi connectivity index (χ1v) is 4.47. The molecule has 1 heterocycles. The Labute approximate surface area is 91.1 Å². The number of rotatable bonds is 2. The van der Waals surface area contributed by atoms with Crippen LogP contribution in [0, 0.1) is 6.92 Å². The van der Waals surface area contributed by atoms with Crippen LogP contribution in [-0.4, -0.2) is 22.0 Å². The number of anilines is 1. The number of carboxylic acid groups (broad SMARTS) is 1. The Bertz CT molecular complexity index is 432. The van der Waals surface area contributed by atoms with Gasteiger partial charge in [0, 0.05) is 12.6 Å². The first-order chi connectivity index (χ1) is 6.91. The average Bonchev–Trinajstić information content (AvgIpc) is 2.08. The molecule has 0 aliphatic rings. The number of carboxylic acids is 1. The lowest BCUT2D eigenvalue weighted by molar-refractivity contribution is -0.114. The highest BCUT2D eigenvalue weighted by molar-refractivity contribution is 6.33. The van der Waals surface area contributed by atoms with E-state index in [0.29, 0.717) is 5.69 Å². The van der Waals surface area contributed by atoms with E-state index in [2.05, 4.69) is 10.3 Å². The number of carbonyl (C=O) groups is 2. The van der Waals surface area contributed by atoms with Gasteiger partial charge in [-0.3, -0.25) is 4.79 Å². The van der Waals surface area contributed by atoms with Crippen molar-refractivity contribution in [3.8, 4) is 0 Å². The molecule has 1 aromatic rings. The zero-order chi connectivity index (χ0) is 11.6. The highest BCUT2D eigenvalue weighted by Crippen LogP contribution is 2.25. The largest absolute Gasteiger partial charge is 0.478 e. The van der Waals surface area contributed by atoms with Gasteiger partial charge in [-0.1, -0.05) is 11.6 Å². The van der Waals surface area contributed by atoms with E-state index < -0.39 is 11.9 Å². The van der Waals surface area contributed by atoms with Gasteiger partial charge in [-0.05, 0) is 13.0 Å². The van der Waals surface area contributed by atoms with Crippen LogP contribution in [0.5, 0.6) is 0 Å². The van der Waals surface area contributed by atoms with Crippen molar-refractivity contribution >= 4 is 29.2 Å². The standard InChI is InChI=1S/C9H9ClN2O3/c1-4-3-6(9(14)15)7(8(10)11-4)12-5(2)13/h3H,1-2H3,(H,12,13)(H,14,15). The van der Waals surface area contributed by atoms with Crippen molar-refractivity contribution in [2.24, 2.45) is 0 Å². The molecule has 1 rings (SSSR count). The second-order valence-electron chi connectivity index (χ2n) is 2.96. The maximum absolute atomic E-state index is 10.9. The van der Waals surface area contributed by atoms with E-state index in [1.807, 2.05) is 0 Å². The molecule has 0 saturated heterocycles. The Morgan fingerprint density at radius 1 is 1.53 bits per heavy atom. The molecular formula is C9H9ClN2O3. The lowest BCUT2D eigenvalue weighted by Gasteiger charge is -2.08. The van der Waals surface area contributed by atoms with Crippen molar-refractivity contribution in [1.82, 2.24) is 4.98 Å². The minimum Gasteiger partial charge on any atom is -0.478 e. The number of pyridine rings is 1. The van der Waals surface area contributed by atoms with Gasteiger partial charge in [0.1, 0.15) is 0 Å². The molecule has 0 aromatic carbocycles. The van der Waals surface area contributed by atoms with Crippen molar-refractivity contribution < 1.29 is 14.7 Å². The number of hydrogen-bond acceptors (Lipinski definition) is 3. The van der Waals surface area contributed by atoms with Gasteiger partial charge in [-0.25, -0.2) is 9.78 Å². The van der Waals surface area contributed by atoms with Crippen LogP contribution in [0.4, 0.5) is 5.69 Å². The molecule has 0 fully saturated rings. The molecule has 15 heavy (non-hydrogen) atoms. The van der Waals surface area contributed by atoms with E-state index in [0.717, 1.165) is 0 Å². The average molecular weight is 229 g/mol. The van der Waals surface area contributed by atoms with Gasteiger partial charge in [0.25, 0.3) is 0 Å². The number of aromatic carboxylic acids is 1. The molecule has 0 saturated carbocycles. The highest BCUT2D eigenvalue weighted by Gasteiger charge is 2.16. The third-order valence-corrected chi connectivity index (χ3v) is 1.91. The van der Waals surface area contributed by atoms with Crippen molar-refractivity contribution in [3.63, 3.8) is 0 Å². The Hall–Kier alpha value is -1.62. The van der Waals surface area contributed by atoms with Gasteiger partial charge in [-0.2, -0.15) is 0 Å².